The van der Waals surface area contributed by atoms with Crippen LogP contribution in [0.1, 0.15) is 24.1 Å². The monoisotopic (exact) mass is 333 g/mol. The van der Waals surface area contributed by atoms with Gasteiger partial charge in [-0.05, 0) is 42.8 Å². The number of benzene rings is 2. The van der Waals surface area contributed by atoms with Crippen LogP contribution in [0.4, 0.5) is 18.9 Å². The van der Waals surface area contributed by atoms with Crippen LogP contribution in [0.5, 0.6) is 0 Å². The maximum Gasteiger partial charge on any atom is 0.416 e. The zero-order chi connectivity index (χ0) is 15.6. The summed E-state index contributed by atoms with van der Waals surface area (Å²) in [5.41, 5.74) is 0.781. The second-order valence-corrected chi connectivity index (χ2v) is 5.52. The topological polar surface area (TPSA) is 12.0 Å². The molecule has 0 saturated heterocycles. The van der Waals surface area contributed by atoms with Gasteiger partial charge in [0.05, 0.1) is 5.56 Å². The standard InChI is InChI=1S/C15H12Cl2F3N/c1-9(21-14-7-12(16)6-13(17)8-14)10-2-4-11(5-3-10)15(18,19)20/h2-9,21H,1H3. The van der Waals surface area contributed by atoms with E-state index in [1.807, 2.05) is 6.92 Å². The van der Waals surface area contributed by atoms with E-state index in [-0.39, 0.29) is 6.04 Å². The Morgan fingerprint density at radius 2 is 1.48 bits per heavy atom. The van der Waals surface area contributed by atoms with E-state index in [1.165, 1.54) is 12.1 Å². The zero-order valence-electron chi connectivity index (χ0n) is 11.0. The fourth-order valence-electron chi connectivity index (χ4n) is 1.93. The third kappa shape index (κ3) is 4.29. The van der Waals surface area contributed by atoms with Crippen molar-refractivity contribution in [3.63, 3.8) is 0 Å². The summed E-state index contributed by atoms with van der Waals surface area (Å²) < 4.78 is 37.5. The van der Waals surface area contributed by atoms with E-state index in [4.69, 9.17) is 23.2 Å². The van der Waals surface area contributed by atoms with E-state index >= 15 is 0 Å². The number of nitrogens with one attached hydrogen (secondary N) is 1. The van der Waals surface area contributed by atoms with Gasteiger partial charge in [0, 0.05) is 21.8 Å². The van der Waals surface area contributed by atoms with Crippen LogP contribution in [0.25, 0.3) is 0 Å². The van der Waals surface area contributed by atoms with E-state index < -0.39 is 11.7 Å². The van der Waals surface area contributed by atoms with Crippen LogP contribution in [0.2, 0.25) is 10.0 Å². The van der Waals surface area contributed by atoms with Crippen LogP contribution in [0.3, 0.4) is 0 Å². The molecule has 0 heterocycles. The summed E-state index contributed by atoms with van der Waals surface area (Å²) in [4.78, 5) is 0. The van der Waals surface area contributed by atoms with E-state index in [0.717, 1.165) is 17.7 Å². The number of anilines is 1. The van der Waals surface area contributed by atoms with Gasteiger partial charge in [-0.3, -0.25) is 0 Å². The SMILES string of the molecule is CC(Nc1cc(Cl)cc(Cl)c1)c1ccc(C(F)(F)F)cc1. The summed E-state index contributed by atoms with van der Waals surface area (Å²) in [7, 11) is 0. The minimum Gasteiger partial charge on any atom is -0.378 e. The summed E-state index contributed by atoms with van der Waals surface area (Å²) >= 11 is 11.8. The summed E-state index contributed by atoms with van der Waals surface area (Å²) in [5, 5.41) is 4.13. The number of hydrogen-bond donors (Lipinski definition) is 1. The highest BCUT2D eigenvalue weighted by molar-refractivity contribution is 6.35. The molecule has 1 unspecified atom stereocenters. The van der Waals surface area contributed by atoms with Crippen molar-refractivity contribution >= 4 is 28.9 Å². The molecule has 0 spiro atoms. The molecule has 1 atom stereocenters. The number of alkyl halides is 3. The van der Waals surface area contributed by atoms with Crippen molar-refractivity contribution in [2.24, 2.45) is 0 Å². The summed E-state index contributed by atoms with van der Waals surface area (Å²) in [6, 6.07) is 9.87. The Labute approximate surface area is 130 Å². The highest BCUT2D eigenvalue weighted by Crippen LogP contribution is 2.31. The van der Waals surface area contributed by atoms with Crippen LogP contribution < -0.4 is 5.32 Å². The molecule has 2 rings (SSSR count). The van der Waals surface area contributed by atoms with Crippen LogP contribution in [-0.4, -0.2) is 0 Å². The lowest BCUT2D eigenvalue weighted by atomic mass is 10.1. The van der Waals surface area contributed by atoms with Crippen molar-refractivity contribution in [3.05, 3.63) is 63.6 Å². The highest BCUT2D eigenvalue weighted by atomic mass is 35.5. The molecule has 0 aromatic heterocycles. The molecule has 0 radical (unpaired) electrons. The Hall–Kier alpha value is -1.39. The van der Waals surface area contributed by atoms with Crippen LogP contribution >= 0.6 is 23.2 Å². The first-order valence-corrected chi connectivity index (χ1v) is 6.91. The molecule has 0 bridgehead atoms. The smallest absolute Gasteiger partial charge is 0.378 e. The van der Waals surface area contributed by atoms with E-state index in [0.29, 0.717) is 15.7 Å². The van der Waals surface area contributed by atoms with Crippen LogP contribution in [0.15, 0.2) is 42.5 Å². The Kier molecular flexibility index (Phi) is 4.69. The van der Waals surface area contributed by atoms with Crippen molar-refractivity contribution in [1.29, 1.82) is 0 Å². The molecule has 0 aliphatic carbocycles. The van der Waals surface area contributed by atoms with E-state index in [2.05, 4.69) is 5.32 Å². The third-order valence-corrected chi connectivity index (χ3v) is 3.42. The Balaban J connectivity index is 2.15. The van der Waals surface area contributed by atoms with Gasteiger partial charge in [0.25, 0.3) is 0 Å². The minimum atomic E-state index is -4.32. The van der Waals surface area contributed by atoms with Crippen molar-refractivity contribution in [1.82, 2.24) is 0 Å². The quantitative estimate of drug-likeness (QED) is 0.706. The van der Waals surface area contributed by atoms with Crippen LogP contribution in [-0.2, 0) is 6.18 Å². The molecule has 1 nitrogen and oxygen atoms in total. The predicted octanol–water partition coefficient (Wildman–Crippen LogP) is 6.19. The first kappa shape index (κ1) is 16.0. The molecule has 0 amide bonds. The average molecular weight is 334 g/mol. The van der Waals surface area contributed by atoms with Gasteiger partial charge >= 0.3 is 6.18 Å². The first-order valence-electron chi connectivity index (χ1n) is 6.15. The molecule has 2 aromatic carbocycles. The summed E-state index contributed by atoms with van der Waals surface area (Å²) in [6.45, 7) is 1.84. The molecule has 0 fully saturated rings. The molecule has 0 aliphatic heterocycles. The predicted molar refractivity (Wildman–Crippen MR) is 79.9 cm³/mol. The zero-order valence-corrected chi connectivity index (χ0v) is 12.5. The Morgan fingerprint density at radius 3 is 1.95 bits per heavy atom. The molecule has 6 heteroatoms. The fraction of sp³-hybridized carbons (Fsp3) is 0.200. The second-order valence-electron chi connectivity index (χ2n) is 4.64. The first-order chi connectivity index (χ1) is 9.75. The number of halogens is 5. The molecule has 0 saturated carbocycles. The molecule has 21 heavy (non-hydrogen) atoms. The average Bonchev–Trinajstić information content (AvgIpc) is 2.36. The number of rotatable bonds is 3. The summed E-state index contributed by atoms with van der Waals surface area (Å²) in [6.07, 6.45) is -4.32. The summed E-state index contributed by atoms with van der Waals surface area (Å²) in [5.74, 6) is 0. The van der Waals surface area contributed by atoms with Crippen LogP contribution in [0, 0.1) is 0 Å². The van der Waals surface area contributed by atoms with Crippen molar-refractivity contribution in [2.75, 3.05) is 5.32 Å². The lowest BCUT2D eigenvalue weighted by Crippen LogP contribution is -2.08. The highest BCUT2D eigenvalue weighted by Gasteiger charge is 2.30. The van der Waals surface area contributed by atoms with Crippen molar-refractivity contribution < 1.29 is 13.2 Å². The minimum absolute atomic E-state index is 0.179. The van der Waals surface area contributed by atoms with Crippen molar-refractivity contribution in [3.8, 4) is 0 Å². The maximum absolute atomic E-state index is 12.5. The third-order valence-electron chi connectivity index (χ3n) is 2.98. The molecule has 112 valence electrons. The van der Waals surface area contributed by atoms with Gasteiger partial charge in [0.1, 0.15) is 0 Å². The molecular weight excluding hydrogens is 322 g/mol. The van der Waals surface area contributed by atoms with Gasteiger partial charge in [-0.1, -0.05) is 35.3 Å². The fourth-order valence-corrected chi connectivity index (χ4v) is 2.46. The molecular formula is C15H12Cl2F3N. The van der Waals surface area contributed by atoms with Crippen molar-refractivity contribution in [2.45, 2.75) is 19.1 Å². The largest absolute Gasteiger partial charge is 0.416 e. The van der Waals surface area contributed by atoms with Gasteiger partial charge < -0.3 is 5.32 Å². The molecule has 2 aromatic rings. The van der Waals surface area contributed by atoms with Gasteiger partial charge in [-0.15, -0.1) is 0 Å². The van der Waals surface area contributed by atoms with Gasteiger partial charge in [-0.25, -0.2) is 0 Å². The van der Waals surface area contributed by atoms with E-state index in [9.17, 15) is 13.2 Å². The maximum atomic E-state index is 12.5. The normalized spacial score (nSPS) is 13.0. The Morgan fingerprint density at radius 1 is 0.952 bits per heavy atom. The lowest BCUT2D eigenvalue weighted by Gasteiger charge is -2.17. The van der Waals surface area contributed by atoms with Gasteiger partial charge in [0.2, 0.25) is 0 Å². The molecule has 0 aliphatic rings. The molecule has 1 N–H and O–H groups in total. The second kappa shape index (κ2) is 6.16. The van der Waals surface area contributed by atoms with E-state index in [1.54, 1.807) is 18.2 Å². The van der Waals surface area contributed by atoms with Gasteiger partial charge in [-0.2, -0.15) is 13.2 Å². The Bertz CT molecular complexity index is 604. The number of hydrogen-bond acceptors (Lipinski definition) is 1. The van der Waals surface area contributed by atoms with Gasteiger partial charge in [0.15, 0.2) is 0 Å². The lowest BCUT2D eigenvalue weighted by molar-refractivity contribution is -0.137.